The third kappa shape index (κ3) is 3.78. The molecule has 27 heavy (non-hydrogen) atoms. The first kappa shape index (κ1) is 19.2. The lowest BCUT2D eigenvalue weighted by Gasteiger charge is -2.24. The monoisotopic (exact) mass is 381 g/mol. The highest BCUT2D eigenvalue weighted by Gasteiger charge is 2.42. The molecule has 1 aromatic rings. The Morgan fingerprint density at radius 3 is 2.70 bits per heavy atom. The molecule has 0 bridgehead atoms. The Labute approximate surface area is 155 Å². The molecule has 2 aliphatic rings. The van der Waals surface area contributed by atoms with Gasteiger partial charge in [0.25, 0.3) is 5.91 Å². The number of benzene rings is 1. The topological polar surface area (TPSA) is 74.0 Å². The number of alkyl halides is 3. The molecule has 0 spiro atoms. The standard InChI is InChI=1S/C18H22F3N5O/c1-11(16(18(19,20)21)17(27)24-23-2)26-8-12-4-3-5-15(14(12)10-26)25-7-6-13(22)9-25/h3-5,13H,2,6-10,22H2,1H3,(H,24,27)/b16-11-. The Morgan fingerprint density at radius 2 is 2.11 bits per heavy atom. The largest absolute Gasteiger partial charge is 0.423 e. The summed E-state index contributed by atoms with van der Waals surface area (Å²) in [6, 6.07) is 5.88. The number of halogens is 3. The van der Waals surface area contributed by atoms with Crippen molar-refractivity contribution in [2.24, 2.45) is 10.8 Å². The number of nitrogens with one attached hydrogen (secondary N) is 1. The van der Waals surface area contributed by atoms with Crippen LogP contribution in [0.1, 0.15) is 24.5 Å². The van der Waals surface area contributed by atoms with Crippen molar-refractivity contribution >= 4 is 18.3 Å². The van der Waals surface area contributed by atoms with E-state index in [1.807, 2.05) is 18.2 Å². The highest BCUT2D eigenvalue weighted by atomic mass is 19.4. The summed E-state index contributed by atoms with van der Waals surface area (Å²) < 4.78 is 40.4. The number of carbonyl (C=O) groups is 1. The highest BCUT2D eigenvalue weighted by Crippen LogP contribution is 2.37. The smallest absolute Gasteiger partial charge is 0.370 e. The SMILES string of the molecule is C=NNC(=O)/C(=C(\C)N1Cc2cccc(N3CCC(N)C3)c2C1)C(F)(F)F. The lowest BCUT2D eigenvalue weighted by atomic mass is 10.1. The fourth-order valence-corrected chi connectivity index (χ4v) is 3.73. The van der Waals surface area contributed by atoms with E-state index in [0.717, 1.165) is 36.3 Å². The number of allylic oxidation sites excluding steroid dienone is 1. The predicted octanol–water partition coefficient (Wildman–Crippen LogP) is 2.11. The van der Waals surface area contributed by atoms with Gasteiger partial charge in [0.15, 0.2) is 0 Å². The minimum atomic E-state index is -4.79. The van der Waals surface area contributed by atoms with Crippen molar-refractivity contribution in [2.45, 2.75) is 38.7 Å². The van der Waals surface area contributed by atoms with Gasteiger partial charge in [-0.05, 0) is 30.5 Å². The average molecular weight is 381 g/mol. The van der Waals surface area contributed by atoms with Crippen molar-refractivity contribution in [3.8, 4) is 0 Å². The van der Waals surface area contributed by atoms with E-state index in [1.165, 1.54) is 6.92 Å². The van der Waals surface area contributed by atoms with E-state index in [0.29, 0.717) is 13.1 Å². The van der Waals surface area contributed by atoms with Gasteiger partial charge in [-0.2, -0.15) is 18.3 Å². The minimum Gasteiger partial charge on any atom is -0.370 e. The number of hydrogen-bond donors (Lipinski definition) is 2. The van der Waals surface area contributed by atoms with E-state index in [-0.39, 0.29) is 11.7 Å². The summed E-state index contributed by atoms with van der Waals surface area (Å²) in [6.07, 6.45) is -3.91. The summed E-state index contributed by atoms with van der Waals surface area (Å²) >= 11 is 0. The molecule has 1 fully saturated rings. The molecule has 0 saturated carbocycles. The molecule has 1 saturated heterocycles. The number of fused-ring (bicyclic) bond motifs is 1. The quantitative estimate of drug-likeness (QED) is 0.476. The lowest BCUT2D eigenvalue weighted by Crippen LogP contribution is -2.33. The maximum absolute atomic E-state index is 13.5. The first-order valence-electron chi connectivity index (χ1n) is 8.62. The number of amides is 1. The predicted molar refractivity (Wildman–Crippen MR) is 96.9 cm³/mol. The Balaban J connectivity index is 1.92. The van der Waals surface area contributed by atoms with Crippen LogP contribution in [-0.4, -0.2) is 42.8 Å². The van der Waals surface area contributed by atoms with E-state index < -0.39 is 17.7 Å². The van der Waals surface area contributed by atoms with Crippen LogP contribution >= 0.6 is 0 Å². The first-order chi connectivity index (χ1) is 12.7. The lowest BCUT2D eigenvalue weighted by molar-refractivity contribution is -0.131. The molecule has 2 aliphatic heterocycles. The Hall–Kier alpha value is -2.55. The molecular formula is C18H22F3N5O. The van der Waals surface area contributed by atoms with Crippen LogP contribution in [0.15, 0.2) is 34.6 Å². The molecule has 9 heteroatoms. The second-order valence-electron chi connectivity index (χ2n) is 6.82. The van der Waals surface area contributed by atoms with Crippen LogP contribution in [0.5, 0.6) is 0 Å². The highest BCUT2D eigenvalue weighted by molar-refractivity contribution is 5.95. The zero-order valence-corrected chi connectivity index (χ0v) is 15.0. The van der Waals surface area contributed by atoms with Gasteiger partial charge < -0.3 is 15.5 Å². The van der Waals surface area contributed by atoms with Gasteiger partial charge in [-0.1, -0.05) is 12.1 Å². The number of nitrogens with zero attached hydrogens (tertiary/aromatic N) is 3. The third-order valence-corrected chi connectivity index (χ3v) is 5.05. The van der Waals surface area contributed by atoms with E-state index in [9.17, 15) is 18.0 Å². The normalized spacial score (nSPS) is 20.4. The van der Waals surface area contributed by atoms with Crippen LogP contribution < -0.4 is 16.1 Å². The van der Waals surface area contributed by atoms with Crippen molar-refractivity contribution in [3.05, 3.63) is 40.6 Å². The minimum absolute atomic E-state index is 0.104. The molecule has 0 aromatic heterocycles. The summed E-state index contributed by atoms with van der Waals surface area (Å²) in [7, 11) is 0. The molecular weight excluding hydrogens is 359 g/mol. The van der Waals surface area contributed by atoms with Gasteiger partial charge in [0.05, 0.1) is 0 Å². The molecule has 146 valence electrons. The van der Waals surface area contributed by atoms with Crippen molar-refractivity contribution in [1.29, 1.82) is 0 Å². The van der Waals surface area contributed by atoms with Crippen molar-refractivity contribution in [3.63, 3.8) is 0 Å². The first-order valence-corrected chi connectivity index (χ1v) is 8.62. The number of hydrogen-bond acceptors (Lipinski definition) is 5. The molecule has 1 amide bonds. The molecule has 1 aromatic carbocycles. The number of hydrazone groups is 1. The number of carbonyl (C=O) groups excluding carboxylic acids is 1. The Morgan fingerprint density at radius 1 is 1.37 bits per heavy atom. The zero-order valence-electron chi connectivity index (χ0n) is 15.0. The molecule has 0 aliphatic carbocycles. The van der Waals surface area contributed by atoms with Crippen molar-refractivity contribution in [2.75, 3.05) is 18.0 Å². The molecule has 2 heterocycles. The summed E-state index contributed by atoms with van der Waals surface area (Å²) in [6.45, 7) is 6.49. The van der Waals surface area contributed by atoms with Gasteiger partial charge in [-0.3, -0.25) is 4.79 Å². The van der Waals surface area contributed by atoms with Gasteiger partial charge in [-0.15, -0.1) is 0 Å². The summed E-state index contributed by atoms with van der Waals surface area (Å²) in [4.78, 5) is 15.6. The van der Waals surface area contributed by atoms with Gasteiger partial charge in [0.1, 0.15) is 5.57 Å². The fourth-order valence-electron chi connectivity index (χ4n) is 3.73. The third-order valence-electron chi connectivity index (χ3n) is 5.05. The molecule has 0 radical (unpaired) electrons. The summed E-state index contributed by atoms with van der Waals surface area (Å²) in [5.41, 5.74) is 9.32. The molecule has 6 nitrogen and oxygen atoms in total. The van der Waals surface area contributed by atoms with Crippen LogP contribution in [-0.2, 0) is 17.9 Å². The van der Waals surface area contributed by atoms with Gasteiger partial charge in [-0.25, -0.2) is 5.43 Å². The second-order valence-corrected chi connectivity index (χ2v) is 6.82. The van der Waals surface area contributed by atoms with E-state index in [1.54, 1.807) is 10.3 Å². The van der Waals surface area contributed by atoms with Crippen LogP contribution in [0.3, 0.4) is 0 Å². The van der Waals surface area contributed by atoms with Crippen molar-refractivity contribution < 1.29 is 18.0 Å². The average Bonchev–Trinajstić information content (AvgIpc) is 3.19. The molecule has 3 rings (SSSR count). The summed E-state index contributed by atoms with van der Waals surface area (Å²) in [5.74, 6) is -1.31. The number of nitrogens with two attached hydrogens (primary N) is 1. The number of anilines is 1. The number of rotatable bonds is 4. The Bertz CT molecular complexity index is 790. The van der Waals surface area contributed by atoms with E-state index >= 15 is 0 Å². The van der Waals surface area contributed by atoms with Gasteiger partial charge in [0.2, 0.25) is 0 Å². The van der Waals surface area contributed by atoms with E-state index in [2.05, 4.69) is 16.7 Å². The van der Waals surface area contributed by atoms with Crippen molar-refractivity contribution in [1.82, 2.24) is 10.3 Å². The van der Waals surface area contributed by atoms with Crippen LogP contribution in [0, 0.1) is 0 Å². The maximum atomic E-state index is 13.5. The van der Waals surface area contributed by atoms with Crippen LogP contribution in [0.25, 0.3) is 0 Å². The summed E-state index contributed by atoms with van der Waals surface area (Å²) in [5, 5.41) is 3.07. The zero-order chi connectivity index (χ0) is 19.8. The molecule has 1 unspecified atom stereocenters. The van der Waals surface area contributed by atoms with Gasteiger partial charge >= 0.3 is 6.18 Å². The maximum Gasteiger partial charge on any atom is 0.423 e. The van der Waals surface area contributed by atoms with Crippen LogP contribution in [0.2, 0.25) is 0 Å². The Kier molecular flexibility index (Phi) is 5.14. The van der Waals surface area contributed by atoms with Gasteiger partial charge in [0, 0.05) is 50.3 Å². The van der Waals surface area contributed by atoms with Crippen LogP contribution in [0.4, 0.5) is 18.9 Å². The molecule has 3 N–H and O–H groups in total. The second kappa shape index (κ2) is 7.22. The molecule has 1 atom stereocenters. The van der Waals surface area contributed by atoms with E-state index in [4.69, 9.17) is 5.73 Å². The fraction of sp³-hybridized carbons (Fsp3) is 0.444.